The molecular formula is C19H19ClN4S. The molecule has 0 bridgehead atoms. The van der Waals surface area contributed by atoms with E-state index in [1.54, 1.807) is 0 Å². The molecule has 2 aromatic carbocycles. The van der Waals surface area contributed by atoms with Gasteiger partial charge in [0.25, 0.3) is 0 Å². The highest BCUT2D eigenvalue weighted by molar-refractivity contribution is 7.71. The number of H-pyrrole nitrogens is 1. The third-order valence-corrected chi connectivity index (χ3v) is 4.24. The molecule has 0 aliphatic carbocycles. The lowest BCUT2D eigenvalue weighted by Gasteiger charge is -2.16. The molecule has 1 N–H and O–H groups in total. The third kappa shape index (κ3) is 5.13. The van der Waals surface area contributed by atoms with Crippen LogP contribution >= 0.6 is 23.8 Å². The van der Waals surface area contributed by atoms with E-state index in [4.69, 9.17) is 23.8 Å². The summed E-state index contributed by atoms with van der Waals surface area (Å²) in [5.74, 6) is 0.744. The minimum absolute atomic E-state index is 0.538. The van der Waals surface area contributed by atoms with Crippen LogP contribution in [0.15, 0.2) is 54.6 Å². The molecular weight excluding hydrogens is 352 g/mol. The molecule has 1 heterocycles. The van der Waals surface area contributed by atoms with Crippen molar-refractivity contribution >= 4 is 36.0 Å². The number of hydrogen-bond donors (Lipinski definition) is 1. The van der Waals surface area contributed by atoms with Crippen molar-refractivity contribution in [2.24, 2.45) is 0 Å². The van der Waals surface area contributed by atoms with Crippen LogP contribution in [0.4, 0.5) is 0 Å². The van der Waals surface area contributed by atoms with Crippen LogP contribution in [0.5, 0.6) is 0 Å². The maximum absolute atomic E-state index is 5.92. The summed E-state index contributed by atoms with van der Waals surface area (Å²) < 4.78 is 2.39. The third-order valence-electron chi connectivity index (χ3n) is 3.68. The molecule has 0 unspecified atom stereocenters. The van der Waals surface area contributed by atoms with Crippen molar-refractivity contribution in [1.82, 2.24) is 19.7 Å². The molecule has 4 nitrogen and oxygen atoms in total. The molecule has 0 radical (unpaired) electrons. The summed E-state index contributed by atoms with van der Waals surface area (Å²) in [6.07, 6.45) is 3.94. The standard InChI is InChI=1S/C19H19ClN4S/c1-23(13-16-7-10-17(20)11-8-16)14-24-19(25)21-18(22-24)12-9-15-5-3-2-4-6-15/h2-12H,13-14H2,1H3,(H,21,22,25)/b12-9+. The monoisotopic (exact) mass is 370 g/mol. The Bertz CT molecular complexity index is 897. The summed E-state index contributed by atoms with van der Waals surface area (Å²) in [5.41, 5.74) is 2.32. The van der Waals surface area contributed by atoms with E-state index in [1.165, 1.54) is 5.56 Å². The molecule has 0 amide bonds. The Hall–Kier alpha value is -2.21. The Balaban J connectivity index is 1.65. The Morgan fingerprint density at radius 2 is 1.84 bits per heavy atom. The summed E-state index contributed by atoms with van der Waals surface area (Å²) in [5, 5.41) is 3.98. The number of benzene rings is 2. The fourth-order valence-electron chi connectivity index (χ4n) is 2.48. The van der Waals surface area contributed by atoms with Crippen LogP contribution in [0, 0.1) is 4.77 Å². The van der Waals surface area contributed by atoms with Crippen molar-refractivity contribution in [2.75, 3.05) is 7.05 Å². The van der Waals surface area contributed by atoms with E-state index in [0.717, 1.165) is 23.0 Å². The van der Waals surface area contributed by atoms with Gasteiger partial charge in [-0.25, -0.2) is 4.68 Å². The Kier molecular flexibility index (Phi) is 5.81. The second-order valence-corrected chi connectivity index (χ2v) is 6.65. The molecule has 3 aromatic rings. The van der Waals surface area contributed by atoms with Crippen molar-refractivity contribution in [3.05, 3.63) is 81.3 Å². The van der Waals surface area contributed by atoms with Crippen molar-refractivity contribution in [2.45, 2.75) is 13.2 Å². The highest BCUT2D eigenvalue weighted by Crippen LogP contribution is 2.11. The number of nitrogens with zero attached hydrogens (tertiary/aromatic N) is 3. The average molecular weight is 371 g/mol. The van der Waals surface area contributed by atoms with Gasteiger partial charge >= 0.3 is 0 Å². The molecule has 0 fully saturated rings. The van der Waals surface area contributed by atoms with Gasteiger partial charge in [0.05, 0.1) is 6.67 Å². The molecule has 1 aromatic heterocycles. The van der Waals surface area contributed by atoms with E-state index >= 15 is 0 Å². The number of rotatable bonds is 6. The van der Waals surface area contributed by atoms with Crippen LogP contribution in [0.1, 0.15) is 17.0 Å². The maximum Gasteiger partial charge on any atom is 0.217 e. The molecule has 0 aliphatic heterocycles. The zero-order valence-corrected chi connectivity index (χ0v) is 15.5. The Labute approximate surface area is 157 Å². The molecule has 6 heteroatoms. The van der Waals surface area contributed by atoms with E-state index in [0.29, 0.717) is 11.4 Å². The van der Waals surface area contributed by atoms with Crippen LogP contribution in [0.2, 0.25) is 5.02 Å². The smallest absolute Gasteiger partial charge is 0.217 e. The lowest BCUT2D eigenvalue weighted by atomic mass is 10.2. The van der Waals surface area contributed by atoms with E-state index in [9.17, 15) is 0 Å². The first-order valence-corrected chi connectivity index (χ1v) is 8.72. The maximum atomic E-state index is 5.92. The second kappa shape index (κ2) is 8.25. The van der Waals surface area contributed by atoms with E-state index < -0.39 is 0 Å². The fourth-order valence-corrected chi connectivity index (χ4v) is 2.80. The number of aromatic amines is 1. The highest BCUT2D eigenvalue weighted by Gasteiger charge is 2.05. The summed E-state index contributed by atoms with van der Waals surface area (Å²) in [6, 6.07) is 18.0. The van der Waals surface area contributed by atoms with Crippen molar-refractivity contribution in [3.8, 4) is 0 Å². The number of hydrogen-bond acceptors (Lipinski definition) is 3. The van der Waals surface area contributed by atoms with E-state index in [1.807, 2.05) is 78.5 Å². The van der Waals surface area contributed by atoms with Gasteiger partial charge in [-0.3, -0.25) is 10.00 Å². The highest BCUT2D eigenvalue weighted by atomic mass is 35.5. The second-order valence-electron chi connectivity index (χ2n) is 5.85. The van der Waals surface area contributed by atoms with Gasteiger partial charge in [-0.2, -0.15) is 4.98 Å². The van der Waals surface area contributed by atoms with Gasteiger partial charge in [-0.15, -0.1) is 0 Å². The number of nitrogens with one attached hydrogen (secondary N) is 1. The minimum atomic E-state index is 0.538. The summed E-state index contributed by atoms with van der Waals surface area (Å²) in [7, 11) is 2.04. The van der Waals surface area contributed by atoms with Crippen LogP contribution in [-0.2, 0) is 13.2 Å². The van der Waals surface area contributed by atoms with Crippen molar-refractivity contribution < 1.29 is 0 Å². The molecule has 0 spiro atoms. The van der Waals surface area contributed by atoms with Gasteiger partial charge in [0, 0.05) is 11.6 Å². The molecule has 25 heavy (non-hydrogen) atoms. The lowest BCUT2D eigenvalue weighted by molar-refractivity contribution is 0.244. The molecule has 0 atom stereocenters. The van der Waals surface area contributed by atoms with Crippen molar-refractivity contribution in [1.29, 1.82) is 0 Å². The summed E-state index contributed by atoms with van der Waals surface area (Å²) >= 11 is 11.3. The van der Waals surface area contributed by atoms with Crippen LogP contribution in [0.25, 0.3) is 12.2 Å². The Morgan fingerprint density at radius 1 is 1.12 bits per heavy atom. The molecule has 128 valence electrons. The largest absolute Gasteiger partial charge is 0.283 e. The molecule has 0 aliphatic rings. The van der Waals surface area contributed by atoms with Gasteiger partial charge in [0.15, 0.2) is 0 Å². The van der Waals surface area contributed by atoms with Crippen LogP contribution < -0.4 is 0 Å². The SMILES string of the molecule is CN(Cc1ccc(Cl)cc1)Cn1[nH]c(/C=C/c2ccccc2)nc1=S. The molecule has 0 saturated carbocycles. The predicted molar refractivity (Wildman–Crippen MR) is 106 cm³/mol. The predicted octanol–water partition coefficient (Wildman–Crippen LogP) is 4.85. The zero-order valence-electron chi connectivity index (χ0n) is 13.9. The van der Waals surface area contributed by atoms with Gasteiger partial charge < -0.3 is 0 Å². The van der Waals surface area contributed by atoms with Gasteiger partial charge in [0.1, 0.15) is 5.82 Å². The van der Waals surface area contributed by atoms with Crippen molar-refractivity contribution in [3.63, 3.8) is 0 Å². The first-order chi connectivity index (χ1) is 12.1. The normalized spacial score (nSPS) is 11.5. The van der Waals surface area contributed by atoms with Crippen LogP contribution in [-0.4, -0.2) is 26.7 Å². The lowest BCUT2D eigenvalue weighted by Crippen LogP contribution is -2.22. The first kappa shape index (κ1) is 17.6. The fraction of sp³-hybridized carbons (Fsp3) is 0.158. The topological polar surface area (TPSA) is 36.9 Å². The number of aromatic nitrogens is 3. The van der Waals surface area contributed by atoms with E-state index in [-0.39, 0.29) is 0 Å². The minimum Gasteiger partial charge on any atom is -0.283 e. The Morgan fingerprint density at radius 3 is 2.56 bits per heavy atom. The van der Waals surface area contributed by atoms with Gasteiger partial charge in [-0.1, -0.05) is 60.1 Å². The summed E-state index contributed by atoms with van der Waals surface area (Å²) in [6.45, 7) is 1.43. The van der Waals surface area contributed by atoms with E-state index in [2.05, 4.69) is 15.0 Å². The van der Waals surface area contributed by atoms with Crippen LogP contribution in [0.3, 0.4) is 0 Å². The summed E-state index contributed by atoms with van der Waals surface area (Å²) in [4.78, 5) is 6.54. The number of halogens is 1. The van der Waals surface area contributed by atoms with Gasteiger partial charge in [0.2, 0.25) is 4.77 Å². The van der Waals surface area contributed by atoms with Gasteiger partial charge in [-0.05, 0) is 48.6 Å². The average Bonchev–Trinajstić information content (AvgIpc) is 2.96. The zero-order chi connectivity index (χ0) is 17.6. The molecule has 3 rings (SSSR count). The molecule has 0 saturated heterocycles. The first-order valence-electron chi connectivity index (χ1n) is 7.93. The quantitative estimate of drug-likeness (QED) is 0.630.